The molecule has 4 saturated carbocycles. The van der Waals surface area contributed by atoms with E-state index >= 15 is 0 Å². The maximum Gasteiger partial charge on any atom is -0.00969 e. The van der Waals surface area contributed by atoms with Crippen LogP contribution in [0.3, 0.4) is 0 Å². The molecule has 4 fully saturated rings. The minimum absolute atomic E-state index is 0.648. The van der Waals surface area contributed by atoms with Gasteiger partial charge in [-0.2, -0.15) is 0 Å². The van der Waals surface area contributed by atoms with Gasteiger partial charge < -0.3 is 0 Å². The first-order valence-electron chi connectivity index (χ1n) is 9.30. The van der Waals surface area contributed by atoms with Gasteiger partial charge in [0.2, 0.25) is 0 Å². The summed E-state index contributed by atoms with van der Waals surface area (Å²) in [7, 11) is 0. The van der Waals surface area contributed by atoms with Crippen LogP contribution < -0.4 is 0 Å². The zero-order valence-electron chi connectivity index (χ0n) is 14.1. The first-order valence-corrected chi connectivity index (χ1v) is 9.30. The summed E-state index contributed by atoms with van der Waals surface area (Å²) in [6, 6.07) is 0. The molecule has 0 heteroatoms. The molecule has 4 aliphatic carbocycles. The third-order valence-corrected chi connectivity index (χ3v) is 6.38. The topological polar surface area (TPSA) is 0 Å². The van der Waals surface area contributed by atoms with Gasteiger partial charge in [0.15, 0.2) is 0 Å². The van der Waals surface area contributed by atoms with Gasteiger partial charge in [-0.1, -0.05) is 39.5 Å². The van der Waals surface area contributed by atoms with E-state index in [4.69, 9.17) is 0 Å². The average Bonchev–Trinajstić information content (AvgIpc) is 3.17. The first kappa shape index (κ1) is 15.5. The van der Waals surface area contributed by atoms with Crippen molar-refractivity contribution in [3.8, 4) is 0 Å². The molecule has 0 aromatic heterocycles. The number of fused-ring (bicyclic) bond motifs is 2. The van der Waals surface area contributed by atoms with Crippen molar-refractivity contribution in [2.45, 2.75) is 65.2 Å². The minimum atomic E-state index is 0.648. The van der Waals surface area contributed by atoms with E-state index < -0.39 is 0 Å². The smallest absolute Gasteiger partial charge is 0.00969 e. The van der Waals surface area contributed by atoms with Crippen molar-refractivity contribution < 1.29 is 0 Å². The van der Waals surface area contributed by atoms with E-state index in [-0.39, 0.29) is 0 Å². The van der Waals surface area contributed by atoms with Crippen molar-refractivity contribution in [2.75, 3.05) is 0 Å². The summed E-state index contributed by atoms with van der Waals surface area (Å²) in [4.78, 5) is 0. The molecule has 0 bridgehead atoms. The lowest BCUT2D eigenvalue weighted by Gasteiger charge is -2.38. The van der Waals surface area contributed by atoms with Crippen LogP contribution in [0.4, 0.5) is 0 Å². The summed E-state index contributed by atoms with van der Waals surface area (Å²) in [5, 5.41) is 0. The molecule has 116 valence electrons. The van der Waals surface area contributed by atoms with Gasteiger partial charge in [-0.15, -0.1) is 0 Å². The van der Waals surface area contributed by atoms with Gasteiger partial charge in [0.05, 0.1) is 0 Å². The van der Waals surface area contributed by atoms with Crippen LogP contribution in [0.25, 0.3) is 0 Å². The van der Waals surface area contributed by atoms with Crippen molar-refractivity contribution in [3.63, 3.8) is 0 Å². The predicted molar refractivity (Wildman–Crippen MR) is 91.9 cm³/mol. The molecule has 0 unspecified atom stereocenters. The Morgan fingerprint density at radius 1 is 0.591 bits per heavy atom. The van der Waals surface area contributed by atoms with Gasteiger partial charge in [0, 0.05) is 0 Å². The standard InChI is InChI=1S/C22H28/c1-15(19-13-11-17-7-3-5-9-21(17)19)16(2)20-14-12-18-8-4-6-10-22(18)20/h11-16H,3-10H2,1-2H3/t15-,16-/m0/s1. The van der Waals surface area contributed by atoms with Crippen LogP contribution in [0.5, 0.6) is 0 Å². The lowest BCUT2D eigenvalue weighted by Crippen LogP contribution is -2.29. The Bertz CT molecular complexity index is 336. The zero-order valence-corrected chi connectivity index (χ0v) is 14.1. The van der Waals surface area contributed by atoms with Crippen molar-refractivity contribution in [1.29, 1.82) is 0 Å². The second-order valence-corrected chi connectivity index (χ2v) is 7.58. The van der Waals surface area contributed by atoms with Gasteiger partial charge in [0.1, 0.15) is 0 Å². The molecule has 0 spiro atoms. The highest BCUT2D eigenvalue weighted by molar-refractivity contribution is 5.56. The van der Waals surface area contributed by atoms with Gasteiger partial charge in [-0.05, 0) is 98.7 Å². The summed E-state index contributed by atoms with van der Waals surface area (Å²) < 4.78 is 0. The Kier molecular flexibility index (Phi) is 4.57. The fourth-order valence-electron chi connectivity index (χ4n) is 4.86. The molecule has 0 heterocycles. The molecule has 0 amide bonds. The highest BCUT2D eigenvalue weighted by Gasteiger charge is 2.47. The van der Waals surface area contributed by atoms with Crippen LogP contribution in [0.15, 0.2) is 0 Å². The Balaban J connectivity index is 1.42. The molecular formula is C22H28. The monoisotopic (exact) mass is 292 g/mol. The quantitative estimate of drug-likeness (QED) is 0.626. The van der Waals surface area contributed by atoms with Crippen LogP contribution in [-0.4, -0.2) is 0 Å². The molecule has 4 rings (SSSR count). The molecule has 22 heavy (non-hydrogen) atoms. The molecule has 0 aliphatic heterocycles. The minimum Gasteiger partial charge on any atom is -0.0616 e. The Morgan fingerprint density at radius 3 is 1.45 bits per heavy atom. The maximum absolute atomic E-state index is 2.46. The van der Waals surface area contributed by atoms with E-state index in [0.717, 1.165) is 0 Å². The van der Waals surface area contributed by atoms with E-state index in [1.807, 2.05) is 0 Å². The van der Waals surface area contributed by atoms with Gasteiger partial charge >= 0.3 is 0 Å². The lowest BCUT2D eigenvalue weighted by molar-refractivity contribution is 0.409. The second kappa shape index (κ2) is 6.48. The first-order chi connectivity index (χ1) is 10.8. The molecule has 0 nitrogen and oxygen atoms in total. The number of rotatable bonds is 3. The second-order valence-electron chi connectivity index (χ2n) is 7.58. The molecule has 10 radical (unpaired) electrons. The van der Waals surface area contributed by atoms with Crippen molar-refractivity contribution in [2.24, 2.45) is 11.8 Å². The highest BCUT2D eigenvalue weighted by atomic mass is 14.5. The average molecular weight is 292 g/mol. The summed E-state index contributed by atoms with van der Waals surface area (Å²) in [5.74, 6) is 11.3. The van der Waals surface area contributed by atoms with Crippen molar-refractivity contribution in [3.05, 3.63) is 61.2 Å². The van der Waals surface area contributed by atoms with E-state index in [0.29, 0.717) is 11.8 Å². The molecule has 0 aromatic carbocycles. The van der Waals surface area contributed by atoms with E-state index in [9.17, 15) is 0 Å². The lowest BCUT2D eigenvalue weighted by atomic mass is 9.66. The maximum atomic E-state index is 2.46. The van der Waals surface area contributed by atoms with Crippen LogP contribution in [0.1, 0.15) is 65.2 Å². The molecule has 4 aliphatic rings. The molecule has 0 aromatic rings. The van der Waals surface area contributed by atoms with Gasteiger partial charge in [0.25, 0.3) is 0 Å². The Hall–Kier alpha value is 0. The van der Waals surface area contributed by atoms with Crippen LogP contribution >= 0.6 is 0 Å². The predicted octanol–water partition coefficient (Wildman–Crippen LogP) is 5.70. The third-order valence-electron chi connectivity index (χ3n) is 6.38. The summed E-state index contributed by atoms with van der Waals surface area (Å²) >= 11 is 0. The SMILES string of the molecule is C[C@H]([C]1[CH][CH][C]2CCCC[C]21)[C@H](C)[C]1[CH][CH][C]2CCCC[C]21. The van der Waals surface area contributed by atoms with Crippen LogP contribution in [0.2, 0.25) is 0 Å². The summed E-state index contributed by atoms with van der Waals surface area (Å²) in [6.45, 7) is 4.91. The van der Waals surface area contributed by atoms with Crippen LogP contribution in [0, 0.1) is 73.0 Å². The Morgan fingerprint density at radius 2 is 1.00 bits per heavy atom. The molecular weight excluding hydrogens is 264 g/mol. The van der Waals surface area contributed by atoms with Crippen LogP contribution in [-0.2, 0) is 0 Å². The molecule has 0 saturated heterocycles. The fraction of sp³-hybridized carbons (Fsp3) is 0.545. The fourth-order valence-corrected chi connectivity index (χ4v) is 4.86. The normalized spacial score (nSPS) is 33.0. The molecule has 2 atom stereocenters. The highest BCUT2D eigenvalue weighted by Crippen LogP contribution is 2.57. The largest absolute Gasteiger partial charge is 0.0616 e. The van der Waals surface area contributed by atoms with E-state index in [2.05, 4.69) is 39.5 Å². The number of hydrogen-bond donors (Lipinski definition) is 0. The number of hydrogen-bond acceptors (Lipinski definition) is 0. The van der Waals surface area contributed by atoms with E-state index in [1.165, 1.54) is 51.4 Å². The molecule has 0 N–H and O–H groups in total. The van der Waals surface area contributed by atoms with E-state index in [1.54, 1.807) is 35.5 Å². The zero-order chi connectivity index (χ0) is 15.1. The van der Waals surface area contributed by atoms with Crippen molar-refractivity contribution >= 4 is 0 Å². The Labute approximate surface area is 138 Å². The third kappa shape index (κ3) is 2.67. The summed E-state index contributed by atoms with van der Waals surface area (Å²) in [5.41, 5.74) is 0. The van der Waals surface area contributed by atoms with Gasteiger partial charge in [-0.25, -0.2) is 0 Å². The van der Waals surface area contributed by atoms with Crippen molar-refractivity contribution in [1.82, 2.24) is 0 Å². The van der Waals surface area contributed by atoms with Gasteiger partial charge in [-0.3, -0.25) is 0 Å². The summed E-state index contributed by atoms with van der Waals surface area (Å²) in [6.07, 6.45) is 20.5.